The molecular formula is C17H20N2O. The molecule has 0 amide bonds. The number of fused-ring (bicyclic) bond motifs is 3. The molecule has 0 radical (unpaired) electrons. The van der Waals surface area contributed by atoms with Crippen LogP contribution in [-0.4, -0.2) is 41.3 Å². The van der Waals surface area contributed by atoms with E-state index in [2.05, 4.69) is 53.1 Å². The Kier molecular flexibility index (Phi) is 3.47. The van der Waals surface area contributed by atoms with E-state index in [0.29, 0.717) is 13.1 Å². The highest BCUT2D eigenvalue weighted by molar-refractivity contribution is 6.07. The van der Waals surface area contributed by atoms with E-state index in [-0.39, 0.29) is 6.10 Å². The van der Waals surface area contributed by atoms with Crippen LogP contribution in [0.4, 0.5) is 0 Å². The molecule has 3 aromatic rings. The molecule has 0 aliphatic carbocycles. The number of hydrogen-bond donors (Lipinski definition) is 1. The van der Waals surface area contributed by atoms with E-state index >= 15 is 0 Å². The quantitative estimate of drug-likeness (QED) is 0.788. The lowest BCUT2D eigenvalue weighted by atomic mass is 10.2. The molecule has 3 nitrogen and oxygen atoms in total. The van der Waals surface area contributed by atoms with Crippen molar-refractivity contribution in [2.75, 3.05) is 20.6 Å². The molecule has 0 bridgehead atoms. The zero-order valence-electron chi connectivity index (χ0n) is 12.0. The summed E-state index contributed by atoms with van der Waals surface area (Å²) in [5, 5.41) is 12.7. The standard InChI is InChI=1S/C17H20N2O/c1-18(2)11-13(20)12-19-16-9-5-3-7-14(16)15-8-4-6-10-17(15)19/h3-10,13,20H,11-12H2,1-2H3/t13-/m0/s1. The van der Waals surface area contributed by atoms with Crippen LogP contribution in [0.1, 0.15) is 0 Å². The Bertz CT molecular complexity index is 677. The number of likely N-dealkylation sites (N-methyl/N-ethyl adjacent to an activating group) is 1. The molecule has 0 unspecified atom stereocenters. The summed E-state index contributed by atoms with van der Waals surface area (Å²) < 4.78 is 2.22. The number of aliphatic hydroxyl groups excluding tert-OH is 1. The molecule has 0 aliphatic rings. The predicted molar refractivity (Wildman–Crippen MR) is 84.0 cm³/mol. The van der Waals surface area contributed by atoms with E-state index in [1.54, 1.807) is 0 Å². The van der Waals surface area contributed by atoms with Crippen molar-refractivity contribution in [3.05, 3.63) is 48.5 Å². The Morgan fingerprint density at radius 2 is 1.45 bits per heavy atom. The van der Waals surface area contributed by atoms with Crippen LogP contribution >= 0.6 is 0 Å². The average Bonchev–Trinajstić information content (AvgIpc) is 2.73. The maximum absolute atomic E-state index is 10.2. The highest BCUT2D eigenvalue weighted by Gasteiger charge is 2.13. The van der Waals surface area contributed by atoms with E-state index < -0.39 is 0 Å². The maximum atomic E-state index is 10.2. The Balaban J connectivity index is 2.12. The zero-order valence-corrected chi connectivity index (χ0v) is 12.0. The topological polar surface area (TPSA) is 28.4 Å². The van der Waals surface area contributed by atoms with Crippen LogP contribution in [-0.2, 0) is 6.54 Å². The van der Waals surface area contributed by atoms with Gasteiger partial charge in [-0.2, -0.15) is 0 Å². The third kappa shape index (κ3) is 2.30. The highest BCUT2D eigenvalue weighted by atomic mass is 16.3. The van der Waals surface area contributed by atoms with Gasteiger partial charge >= 0.3 is 0 Å². The van der Waals surface area contributed by atoms with Crippen LogP contribution < -0.4 is 0 Å². The minimum absolute atomic E-state index is 0.371. The summed E-state index contributed by atoms with van der Waals surface area (Å²) in [6.45, 7) is 1.28. The highest BCUT2D eigenvalue weighted by Crippen LogP contribution is 2.28. The van der Waals surface area contributed by atoms with Crippen molar-refractivity contribution in [1.82, 2.24) is 9.47 Å². The third-order valence-electron chi connectivity index (χ3n) is 3.65. The van der Waals surface area contributed by atoms with E-state index in [0.717, 1.165) is 0 Å². The fraction of sp³-hybridized carbons (Fsp3) is 0.294. The predicted octanol–water partition coefficient (Wildman–Crippen LogP) is 2.72. The van der Waals surface area contributed by atoms with Gasteiger partial charge in [0.15, 0.2) is 0 Å². The number of aromatic nitrogens is 1. The molecule has 0 saturated heterocycles. The second-order valence-corrected chi connectivity index (χ2v) is 5.56. The van der Waals surface area contributed by atoms with Crippen LogP contribution in [0.15, 0.2) is 48.5 Å². The number of aliphatic hydroxyl groups is 1. The molecule has 0 spiro atoms. The molecule has 3 rings (SSSR count). The first-order chi connectivity index (χ1) is 9.66. The molecule has 1 atom stereocenters. The summed E-state index contributed by atoms with van der Waals surface area (Å²) in [6, 6.07) is 16.8. The summed E-state index contributed by atoms with van der Waals surface area (Å²) in [5.74, 6) is 0. The van der Waals surface area contributed by atoms with E-state index in [4.69, 9.17) is 0 Å². The summed E-state index contributed by atoms with van der Waals surface area (Å²) in [6.07, 6.45) is -0.371. The molecule has 0 saturated carbocycles. The Hall–Kier alpha value is -1.84. The normalized spacial score (nSPS) is 13.4. The Morgan fingerprint density at radius 3 is 1.95 bits per heavy atom. The molecule has 1 N–H and O–H groups in total. The SMILES string of the molecule is CN(C)C[C@H](O)Cn1c2ccccc2c2ccccc21. The average molecular weight is 268 g/mol. The fourth-order valence-corrected chi connectivity index (χ4v) is 2.89. The first-order valence-corrected chi connectivity index (χ1v) is 6.95. The smallest absolute Gasteiger partial charge is 0.0845 e. The molecule has 0 aliphatic heterocycles. The number of para-hydroxylation sites is 2. The van der Waals surface area contributed by atoms with Gasteiger partial charge < -0.3 is 14.6 Å². The monoisotopic (exact) mass is 268 g/mol. The van der Waals surface area contributed by atoms with Gasteiger partial charge in [-0.05, 0) is 26.2 Å². The van der Waals surface area contributed by atoms with Gasteiger partial charge in [0.1, 0.15) is 0 Å². The summed E-state index contributed by atoms with van der Waals surface area (Å²) in [7, 11) is 3.96. The van der Waals surface area contributed by atoms with Crippen LogP contribution in [0.3, 0.4) is 0 Å². The largest absolute Gasteiger partial charge is 0.390 e. The minimum atomic E-state index is -0.371. The number of hydrogen-bond acceptors (Lipinski definition) is 2. The molecule has 3 heteroatoms. The van der Waals surface area contributed by atoms with Crippen molar-refractivity contribution in [1.29, 1.82) is 0 Å². The van der Waals surface area contributed by atoms with Crippen LogP contribution in [0.2, 0.25) is 0 Å². The molecule has 1 aromatic heterocycles. The zero-order chi connectivity index (χ0) is 14.1. The van der Waals surface area contributed by atoms with Crippen LogP contribution in [0.5, 0.6) is 0 Å². The lowest BCUT2D eigenvalue weighted by Gasteiger charge is -2.17. The molecule has 20 heavy (non-hydrogen) atoms. The van der Waals surface area contributed by atoms with Gasteiger partial charge in [0, 0.05) is 28.4 Å². The van der Waals surface area contributed by atoms with Crippen molar-refractivity contribution in [2.45, 2.75) is 12.6 Å². The fourth-order valence-electron chi connectivity index (χ4n) is 2.89. The third-order valence-corrected chi connectivity index (χ3v) is 3.65. The molecule has 2 aromatic carbocycles. The Labute approximate surface area is 119 Å². The van der Waals surface area contributed by atoms with Crippen molar-refractivity contribution in [3.8, 4) is 0 Å². The van der Waals surface area contributed by atoms with Crippen molar-refractivity contribution >= 4 is 21.8 Å². The van der Waals surface area contributed by atoms with Gasteiger partial charge in [-0.25, -0.2) is 0 Å². The van der Waals surface area contributed by atoms with Gasteiger partial charge in [0.25, 0.3) is 0 Å². The number of rotatable bonds is 4. The van der Waals surface area contributed by atoms with Crippen molar-refractivity contribution in [2.24, 2.45) is 0 Å². The molecule has 1 heterocycles. The van der Waals surface area contributed by atoms with E-state index in [1.807, 2.05) is 19.0 Å². The van der Waals surface area contributed by atoms with Gasteiger partial charge in [0.2, 0.25) is 0 Å². The lowest BCUT2D eigenvalue weighted by molar-refractivity contribution is 0.122. The van der Waals surface area contributed by atoms with Gasteiger partial charge in [-0.3, -0.25) is 0 Å². The van der Waals surface area contributed by atoms with Gasteiger partial charge in [-0.1, -0.05) is 36.4 Å². The number of benzene rings is 2. The molecule has 104 valence electrons. The molecule has 0 fully saturated rings. The second kappa shape index (κ2) is 5.27. The molecular weight excluding hydrogens is 248 g/mol. The summed E-state index contributed by atoms with van der Waals surface area (Å²) in [4.78, 5) is 2.01. The van der Waals surface area contributed by atoms with Crippen molar-refractivity contribution in [3.63, 3.8) is 0 Å². The van der Waals surface area contributed by atoms with E-state index in [1.165, 1.54) is 21.8 Å². The summed E-state index contributed by atoms with van der Waals surface area (Å²) in [5.41, 5.74) is 2.37. The van der Waals surface area contributed by atoms with Crippen LogP contribution in [0, 0.1) is 0 Å². The minimum Gasteiger partial charge on any atom is -0.390 e. The van der Waals surface area contributed by atoms with Gasteiger partial charge in [0.05, 0.1) is 12.6 Å². The summed E-state index contributed by atoms with van der Waals surface area (Å²) >= 11 is 0. The van der Waals surface area contributed by atoms with E-state index in [9.17, 15) is 5.11 Å². The van der Waals surface area contributed by atoms with Crippen molar-refractivity contribution < 1.29 is 5.11 Å². The Morgan fingerprint density at radius 1 is 0.950 bits per heavy atom. The first-order valence-electron chi connectivity index (χ1n) is 6.95. The first kappa shape index (κ1) is 13.2. The number of nitrogens with zero attached hydrogens (tertiary/aromatic N) is 2. The second-order valence-electron chi connectivity index (χ2n) is 5.56. The maximum Gasteiger partial charge on any atom is 0.0845 e. The lowest BCUT2D eigenvalue weighted by Crippen LogP contribution is -2.29. The van der Waals surface area contributed by atoms with Gasteiger partial charge in [-0.15, -0.1) is 0 Å². The van der Waals surface area contributed by atoms with Crippen LogP contribution in [0.25, 0.3) is 21.8 Å².